The molecule has 1 N–H and O–H groups in total. The molecule has 0 heterocycles. The van der Waals surface area contributed by atoms with Crippen molar-refractivity contribution in [3.63, 3.8) is 0 Å². The van der Waals surface area contributed by atoms with E-state index in [1.165, 1.54) is 5.56 Å². The summed E-state index contributed by atoms with van der Waals surface area (Å²) in [5.41, 5.74) is 3.10. The third kappa shape index (κ3) is 7.57. The minimum Gasteiger partial charge on any atom is -0.489 e. The number of rotatable bonds is 8. The maximum Gasteiger partial charge on any atom is 0.124 e. The lowest BCUT2D eigenvalue weighted by Gasteiger charge is -2.14. The molecule has 0 radical (unpaired) electrons. The highest BCUT2D eigenvalue weighted by molar-refractivity contribution is 6.35. The lowest BCUT2D eigenvalue weighted by atomic mass is 10.1. The Hall–Kier alpha value is -1.13. The largest absolute Gasteiger partial charge is 0.489 e. The summed E-state index contributed by atoms with van der Waals surface area (Å²) < 4.78 is 5.99. The van der Waals surface area contributed by atoms with Gasteiger partial charge in [-0.2, -0.15) is 0 Å². The predicted molar refractivity (Wildman–Crippen MR) is 126 cm³/mol. The van der Waals surface area contributed by atoms with Crippen molar-refractivity contribution in [2.45, 2.75) is 19.6 Å². The highest BCUT2D eigenvalue weighted by Gasteiger charge is 2.08. The maximum absolute atomic E-state index is 6.22. The predicted octanol–water partition coefficient (Wildman–Crippen LogP) is 7.63. The van der Waals surface area contributed by atoms with Crippen LogP contribution in [0.3, 0.4) is 0 Å². The van der Waals surface area contributed by atoms with Crippen molar-refractivity contribution in [3.8, 4) is 5.75 Å². The zero-order valence-corrected chi connectivity index (χ0v) is 19.3. The number of halogens is 5. The molecule has 0 aromatic heterocycles. The number of ether oxygens (including phenoxy) is 1. The van der Waals surface area contributed by atoms with Gasteiger partial charge in [0, 0.05) is 37.8 Å². The molecule has 0 aliphatic carbocycles. The highest BCUT2D eigenvalue weighted by Crippen LogP contribution is 2.26. The molecule has 3 rings (SSSR count). The zero-order valence-electron chi connectivity index (χ0n) is 15.4. The van der Waals surface area contributed by atoms with Crippen molar-refractivity contribution in [2.75, 3.05) is 6.54 Å². The minimum atomic E-state index is 0. The standard InChI is InChI=1S/C22H19Cl4NO.ClH/c23-18-4-1-15(2-5-18)9-10-27-13-17-11-19(24)7-8-22(17)28-14-16-3-6-20(25)12-21(16)26;/h1-8,11-12,27H,9-10,13-14H2;1H. The molecule has 0 aliphatic heterocycles. The molecule has 0 saturated heterocycles. The summed E-state index contributed by atoms with van der Waals surface area (Å²) in [6.45, 7) is 1.84. The molecule has 0 spiro atoms. The lowest BCUT2D eigenvalue weighted by Crippen LogP contribution is -2.17. The van der Waals surface area contributed by atoms with E-state index >= 15 is 0 Å². The van der Waals surface area contributed by atoms with Crippen LogP contribution in [-0.2, 0) is 19.6 Å². The molecule has 0 amide bonds. The number of benzene rings is 3. The summed E-state index contributed by atoms with van der Waals surface area (Å²) in [5.74, 6) is 0.773. The van der Waals surface area contributed by atoms with Gasteiger partial charge in [0.1, 0.15) is 12.4 Å². The smallest absolute Gasteiger partial charge is 0.124 e. The maximum atomic E-state index is 6.22. The van der Waals surface area contributed by atoms with E-state index in [-0.39, 0.29) is 12.4 Å². The molecular weight excluding hydrogens is 472 g/mol. The highest BCUT2D eigenvalue weighted by atomic mass is 35.5. The van der Waals surface area contributed by atoms with Crippen LogP contribution in [0, 0.1) is 0 Å². The molecule has 3 aromatic rings. The number of nitrogens with one attached hydrogen (secondary N) is 1. The van der Waals surface area contributed by atoms with E-state index in [4.69, 9.17) is 51.1 Å². The molecule has 3 aromatic carbocycles. The summed E-state index contributed by atoms with van der Waals surface area (Å²) in [6, 6.07) is 18.9. The van der Waals surface area contributed by atoms with Crippen LogP contribution in [0.2, 0.25) is 20.1 Å². The van der Waals surface area contributed by atoms with Gasteiger partial charge in [0.2, 0.25) is 0 Å². The van der Waals surface area contributed by atoms with Crippen LogP contribution in [0.5, 0.6) is 5.75 Å². The number of hydrogen-bond acceptors (Lipinski definition) is 2. The van der Waals surface area contributed by atoms with Crippen LogP contribution in [-0.4, -0.2) is 6.54 Å². The van der Waals surface area contributed by atoms with E-state index in [0.29, 0.717) is 28.2 Å². The summed E-state index contributed by atoms with van der Waals surface area (Å²) in [7, 11) is 0. The first-order valence-corrected chi connectivity index (χ1v) is 10.3. The molecule has 0 bridgehead atoms. The average Bonchev–Trinajstić information content (AvgIpc) is 2.67. The van der Waals surface area contributed by atoms with Crippen LogP contribution in [0.15, 0.2) is 60.7 Å². The Morgan fingerprint density at radius 1 is 0.724 bits per heavy atom. The van der Waals surface area contributed by atoms with Gasteiger partial charge < -0.3 is 10.1 Å². The fourth-order valence-electron chi connectivity index (χ4n) is 2.73. The molecule has 0 saturated carbocycles. The van der Waals surface area contributed by atoms with Crippen molar-refractivity contribution >= 4 is 58.8 Å². The SMILES string of the molecule is Cl.Clc1ccc(CCNCc2cc(Cl)ccc2OCc2ccc(Cl)cc2Cl)cc1. The quantitative estimate of drug-likeness (QED) is 0.327. The molecule has 0 atom stereocenters. The second-order valence-corrected chi connectivity index (χ2v) is 8.05. The van der Waals surface area contributed by atoms with Crippen LogP contribution in [0.1, 0.15) is 16.7 Å². The molecule has 154 valence electrons. The van der Waals surface area contributed by atoms with Gasteiger partial charge in [-0.05, 0) is 61.0 Å². The average molecular weight is 492 g/mol. The van der Waals surface area contributed by atoms with Crippen LogP contribution in [0.25, 0.3) is 0 Å². The van der Waals surface area contributed by atoms with E-state index in [0.717, 1.165) is 34.9 Å². The summed E-state index contributed by atoms with van der Waals surface area (Å²) >= 11 is 24.3. The summed E-state index contributed by atoms with van der Waals surface area (Å²) in [4.78, 5) is 0. The van der Waals surface area contributed by atoms with Crippen LogP contribution < -0.4 is 10.1 Å². The summed E-state index contributed by atoms with van der Waals surface area (Å²) in [5, 5.41) is 6.04. The van der Waals surface area contributed by atoms with Crippen molar-refractivity contribution in [1.82, 2.24) is 5.32 Å². The normalized spacial score (nSPS) is 10.5. The Morgan fingerprint density at radius 3 is 2.10 bits per heavy atom. The lowest BCUT2D eigenvalue weighted by molar-refractivity contribution is 0.302. The first-order chi connectivity index (χ1) is 13.5. The van der Waals surface area contributed by atoms with Crippen molar-refractivity contribution < 1.29 is 4.74 Å². The third-order valence-corrected chi connectivity index (χ3v) is 5.31. The van der Waals surface area contributed by atoms with Gasteiger partial charge in [-0.3, -0.25) is 0 Å². The van der Waals surface area contributed by atoms with Gasteiger partial charge in [0.05, 0.1) is 0 Å². The molecule has 0 aliphatic rings. The van der Waals surface area contributed by atoms with Crippen molar-refractivity contribution in [1.29, 1.82) is 0 Å². The molecule has 7 heteroatoms. The molecule has 0 unspecified atom stereocenters. The monoisotopic (exact) mass is 489 g/mol. The Morgan fingerprint density at radius 2 is 1.38 bits per heavy atom. The topological polar surface area (TPSA) is 21.3 Å². The Kier molecular flexibility index (Phi) is 9.91. The Labute approximate surface area is 197 Å². The fraction of sp³-hybridized carbons (Fsp3) is 0.182. The molecule has 29 heavy (non-hydrogen) atoms. The summed E-state index contributed by atoms with van der Waals surface area (Å²) in [6.07, 6.45) is 0.911. The van der Waals surface area contributed by atoms with E-state index in [1.54, 1.807) is 12.1 Å². The van der Waals surface area contributed by atoms with E-state index < -0.39 is 0 Å². The second-order valence-electron chi connectivity index (χ2n) is 6.33. The zero-order chi connectivity index (χ0) is 19.9. The molecule has 0 fully saturated rings. The molecule has 2 nitrogen and oxygen atoms in total. The van der Waals surface area contributed by atoms with E-state index in [1.807, 2.05) is 48.5 Å². The first-order valence-electron chi connectivity index (χ1n) is 8.81. The van der Waals surface area contributed by atoms with Gasteiger partial charge in [0.15, 0.2) is 0 Å². The van der Waals surface area contributed by atoms with Crippen molar-refractivity contribution in [2.24, 2.45) is 0 Å². The second kappa shape index (κ2) is 11.9. The van der Waals surface area contributed by atoms with Gasteiger partial charge in [-0.15, -0.1) is 12.4 Å². The first kappa shape index (κ1) is 24.1. The minimum absolute atomic E-state index is 0. The van der Waals surface area contributed by atoms with Gasteiger partial charge in [-0.25, -0.2) is 0 Å². The van der Waals surface area contributed by atoms with Crippen LogP contribution >= 0.6 is 58.8 Å². The Bertz CT molecular complexity index is 931. The Balaban J connectivity index is 0.00000300. The van der Waals surface area contributed by atoms with Crippen molar-refractivity contribution in [3.05, 3.63) is 97.4 Å². The van der Waals surface area contributed by atoms with Crippen LogP contribution in [0.4, 0.5) is 0 Å². The van der Waals surface area contributed by atoms with Gasteiger partial charge in [-0.1, -0.05) is 64.6 Å². The number of hydrogen-bond donors (Lipinski definition) is 1. The van der Waals surface area contributed by atoms with Gasteiger partial charge in [0.25, 0.3) is 0 Å². The fourth-order valence-corrected chi connectivity index (χ4v) is 3.51. The van der Waals surface area contributed by atoms with Gasteiger partial charge >= 0.3 is 0 Å². The third-order valence-electron chi connectivity index (χ3n) is 4.24. The molecular formula is C22H20Cl5NO. The van der Waals surface area contributed by atoms with E-state index in [9.17, 15) is 0 Å². The van der Waals surface area contributed by atoms with E-state index in [2.05, 4.69) is 5.32 Å².